The summed E-state index contributed by atoms with van der Waals surface area (Å²) in [5.41, 5.74) is 2.04. The highest BCUT2D eigenvalue weighted by atomic mass is 19.1. The van der Waals surface area contributed by atoms with E-state index < -0.39 is 0 Å². The lowest BCUT2D eigenvalue weighted by Gasteiger charge is -2.20. The highest BCUT2D eigenvalue weighted by molar-refractivity contribution is 5.70. The van der Waals surface area contributed by atoms with Crippen molar-refractivity contribution < 1.29 is 9.13 Å². The van der Waals surface area contributed by atoms with Crippen LogP contribution in [0.5, 0.6) is 5.75 Å². The zero-order chi connectivity index (χ0) is 13.5. The lowest BCUT2D eigenvalue weighted by Crippen LogP contribution is -2.14. The standard InChI is InChI=1S/C15H10FN3O/c16-12-4-2-1-3-10(12)13-8-18-15-11-7-17-6-5-14(11)20-9-19(13)15/h1-8H,9H2. The Bertz CT molecular complexity index is 797. The molecular weight excluding hydrogens is 257 g/mol. The molecule has 0 amide bonds. The van der Waals surface area contributed by atoms with Crippen LogP contribution >= 0.6 is 0 Å². The lowest BCUT2D eigenvalue weighted by atomic mass is 10.1. The first kappa shape index (κ1) is 11.2. The molecule has 0 fully saturated rings. The first-order valence-electron chi connectivity index (χ1n) is 6.22. The monoisotopic (exact) mass is 267 g/mol. The number of ether oxygens (including phenoxy) is 1. The Morgan fingerprint density at radius 2 is 2.00 bits per heavy atom. The topological polar surface area (TPSA) is 39.9 Å². The van der Waals surface area contributed by atoms with Gasteiger partial charge in [0.15, 0.2) is 6.73 Å². The predicted octanol–water partition coefficient (Wildman–Crippen LogP) is 3.10. The molecule has 0 bridgehead atoms. The van der Waals surface area contributed by atoms with E-state index in [1.165, 1.54) is 6.07 Å². The first-order valence-corrected chi connectivity index (χ1v) is 6.22. The number of fused-ring (bicyclic) bond motifs is 3. The minimum Gasteiger partial charge on any atom is -0.472 e. The Morgan fingerprint density at radius 1 is 1.10 bits per heavy atom. The van der Waals surface area contributed by atoms with E-state index in [0.29, 0.717) is 18.0 Å². The van der Waals surface area contributed by atoms with E-state index in [9.17, 15) is 4.39 Å². The van der Waals surface area contributed by atoms with E-state index in [2.05, 4.69) is 9.97 Å². The van der Waals surface area contributed by atoms with Crippen molar-refractivity contribution in [2.24, 2.45) is 0 Å². The molecule has 0 saturated carbocycles. The summed E-state index contributed by atoms with van der Waals surface area (Å²) >= 11 is 0. The molecule has 0 atom stereocenters. The zero-order valence-electron chi connectivity index (χ0n) is 10.5. The summed E-state index contributed by atoms with van der Waals surface area (Å²) in [6, 6.07) is 8.45. The minimum atomic E-state index is -0.271. The molecule has 4 nitrogen and oxygen atoms in total. The molecule has 2 aromatic heterocycles. The molecule has 3 heterocycles. The van der Waals surface area contributed by atoms with Crippen LogP contribution in [0.1, 0.15) is 0 Å². The summed E-state index contributed by atoms with van der Waals surface area (Å²) in [6.07, 6.45) is 5.05. The van der Waals surface area contributed by atoms with Crippen LogP contribution in [0.3, 0.4) is 0 Å². The second-order valence-electron chi connectivity index (χ2n) is 4.52. The molecule has 1 aliphatic heterocycles. The molecule has 5 heteroatoms. The van der Waals surface area contributed by atoms with Crippen molar-refractivity contribution in [1.82, 2.24) is 14.5 Å². The molecular formula is C15H10FN3O. The number of imidazole rings is 1. The van der Waals surface area contributed by atoms with Crippen molar-refractivity contribution in [3.8, 4) is 28.4 Å². The Hall–Kier alpha value is -2.69. The quantitative estimate of drug-likeness (QED) is 0.680. The van der Waals surface area contributed by atoms with Crippen LogP contribution in [0.25, 0.3) is 22.6 Å². The molecule has 0 unspecified atom stereocenters. The van der Waals surface area contributed by atoms with Gasteiger partial charge in [-0.25, -0.2) is 9.37 Å². The van der Waals surface area contributed by atoms with Gasteiger partial charge in [-0.15, -0.1) is 0 Å². The number of hydrogen-bond acceptors (Lipinski definition) is 3. The van der Waals surface area contributed by atoms with Gasteiger partial charge in [-0.2, -0.15) is 0 Å². The van der Waals surface area contributed by atoms with Gasteiger partial charge in [0.05, 0.1) is 17.5 Å². The minimum absolute atomic E-state index is 0.271. The Balaban J connectivity index is 1.92. The highest BCUT2D eigenvalue weighted by Gasteiger charge is 2.22. The summed E-state index contributed by atoms with van der Waals surface area (Å²) in [4.78, 5) is 8.48. The van der Waals surface area contributed by atoms with Gasteiger partial charge < -0.3 is 4.74 Å². The van der Waals surface area contributed by atoms with Crippen LogP contribution in [-0.4, -0.2) is 14.5 Å². The molecule has 0 aliphatic carbocycles. The summed E-state index contributed by atoms with van der Waals surface area (Å²) in [5.74, 6) is 1.22. The number of pyridine rings is 1. The predicted molar refractivity (Wildman–Crippen MR) is 71.5 cm³/mol. The van der Waals surface area contributed by atoms with E-state index >= 15 is 0 Å². The summed E-state index contributed by atoms with van der Waals surface area (Å²) in [7, 11) is 0. The van der Waals surface area contributed by atoms with Gasteiger partial charge in [-0.1, -0.05) is 12.1 Å². The molecule has 0 spiro atoms. The Kier molecular flexibility index (Phi) is 2.32. The third-order valence-corrected chi connectivity index (χ3v) is 3.38. The van der Waals surface area contributed by atoms with Crippen molar-refractivity contribution in [3.63, 3.8) is 0 Å². The second kappa shape index (κ2) is 4.16. The summed E-state index contributed by atoms with van der Waals surface area (Å²) in [5, 5.41) is 0. The average Bonchev–Trinajstić information content (AvgIpc) is 2.92. The maximum Gasteiger partial charge on any atom is 0.167 e. The van der Waals surface area contributed by atoms with Gasteiger partial charge in [0.2, 0.25) is 0 Å². The van der Waals surface area contributed by atoms with Crippen molar-refractivity contribution in [2.75, 3.05) is 0 Å². The lowest BCUT2D eigenvalue weighted by molar-refractivity contribution is 0.231. The first-order chi connectivity index (χ1) is 9.84. The molecule has 0 saturated heterocycles. The van der Waals surface area contributed by atoms with Gasteiger partial charge in [0, 0.05) is 18.0 Å². The van der Waals surface area contributed by atoms with E-state index in [1.807, 2.05) is 4.57 Å². The van der Waals surface area contributed by atoms with Gasteiger partial charge in [0.25, 0.3) is 0 Å². The van der Waals surface area contributed by atoms with Crippen LogP contribution in [0, 0.1) is 5.82 Å². The van der Waals surface area contributed by atoms with Crippen molar-refractivity contribution in [2.45, 2.75) is 6.73 Å². The van der Waals surface area contributed by atoms with Crippen molar-refractivity contribution >= 4 is 0 Å². The molecule has 4 rings (SSSR count). The Morgan fingerprint density at radius 3 is 2.90 bits per heavy atom. The fraction of sp³-hybridized carbons (Fsp3) is 0.0667. The summed E-state index contributed by atoms with van der Waals surface area (Å²) in [6.45, 7) is 0.315. The van der Waals surface area contributed by atoms with Gasteiger partial charge >= 0.3 is 0 Å². The number of rotatable bonds is 1. The fourth-order valence-electron chi connectivity index (χ4n) is 2.41. The molecule has 20 heavy (non-hydrogen) atoms. The largest absolute Gasteiger partial charge is 0.472 e. The maximum absolute atomic E-state index is 13.9. The Labute approximate surface area is 114 Å². The third kappa shape index (κ3) is 1.53. The maximum atomic E-state index is 13.9. The van der Waals surface area contributed by atoms with Crippen LogP contribution in [-0.2, 0) is 6.73 Å². The molecule has 98 valence electrons. The number of nitrogens with zero attached hydrogens (tertiary/aromatic N) is 3. The number of halogens is 1. The van der Waals surface area contributed by atoms with Gasteiger partial charge in [-0.05, 0) is 18.2 Å². The van der Waals surface area contributed by atoms with E-state index in [4.69, 9.17) is 4.74 Å². The molecule has 1 aliphatic rings. The van der Waals surface area contributed by atoms with E-state index in [0.717, 1.165) is 17.1 Å². The molecule has 0 radical (unpaired) electrons. The van der Waals surface area contributed by atoms with Crippen LogP contribution in [0.4, 0.5) is 4.39 Å². The van der Waals surface area contributed by atoms with E-state index in [1.54, 1.807) is 42.9 Å². The fourth-order valence-corrected chi connectivity index (χ4v) is 2.41. The number of aromatic nitrogens is 3. The number of hydrogen-bond donors (Lipinski definition) is 0. The zero-order valence-corrected chi connectivity index (χ0v) is 10.5. The van der Waals surface area contributed by atoms with Crippen LogP contribution in [0.2, 0.25) is 0 Å². The number of benzene rings is 1. The van der Waals surface area contributed by atoms with Gasteiger partial charge in [-0.3, -0.25) is 9.55 Å². The van der Waals surface area contributed by atoms with Crippen molar-refractivity contribution in [3.05, 3.63) is 54.7 Å². The SMILES string of the molecule is Fc1ccccc1-c1cnc2n1COc1ccncc1-2. The van der Waals surface area contributed by atoms with Crippen molar-refractivity contribution in [1.29, 1.82) is 0 Å². The van der Waals surface area contributed by atoms with Crippen LogP contribution < -0.4 is 4.74 Å². The third-order valence-electron chi connectivity index (χ3n) is 3.38. The smallest absolute Gasteiger partial charge is 0.167 e. The molecule has 3 aromatic rings. The van der Waals surface area contributed by atoms with Crippen LogP contribution in [0.15, 0.2) is 48.9 Å². The molecule has 1 aromatic carbocycles. The second-order valence-corrected chi connectivity index (χ2v) is 4.52. The van der Waals surface area contributed by atoms with E-state index in [-0.39, 0.29) is 5.82 Å². The highest BCUT2D eigenvalue weighted by Crippen LogP contribution is 2.35. The van der Waals surface area contributed by atoms with Gasteiger partial charge in [0.1, 0.15) is 17.4 Å². The molecule has 0 N–H and O–H groups in total. The summed E-state index contributed by atoms with van der Waals surface area (Å²) < 4.78 is 21.4. The normalized spacial score (nSPS) is 12.4. The average molecular weight is 267 g/mol.